The molecule has 3 aromatic rings. The number of esters is 1. The Morgan fingerprint density at radius 3 is 2.56 bits per heavy atom. The average molecular weight is 503 g/mol. The van der Waals surface area contributed by atoms with Crippen LogP contribution in [0.3, 0.4) is 0 Å². The van der Waals surface area contributed by atoms with Crippen molar-refractivity contribution in [3.8, 4) is 0 Å². The summed E-state index contributed by atoms with van der Waals surface area (Å²) in [6.07, 6.45) is 3.24. The summed E-state index contributed by atoms with van der Waals surface area (Å²) in [6.45, 7) is 3.65. The highest BCUT2D eigenvalue weighted by Crippen LogP contribution is 2.22. The van der Waals surface area contributed by atoms with E-state index in [2.05, 4.69) is 15.8 Å². The second-order valence-electron chi connectivity index (χ2n) is 7.86. The van der Waals surface area contributed by atoms with Gasteiger partial charge in [-0.3, -0.25) is 14.4 Å². The van der Waals surface area contributed by atoms with Gasteiger partial charge in [-0.15, -0.1) is 0 Å². The number of fused-ring (bicyclic) bond motifs is 1. The van der Waals surface area contributed by atoms with E-state index in [0.29, 0.717) is 10.6 Å². The van der Waals surface area contributed by atoms with Crippen LogP contribution in [0.25, 0.3) is 10.9 Å². The summed E-state index contributed by atoms with van der Waals surface area (Å²) in [5.41, 5.74) is 4.23. The van der Waals surface area contributed by atoms with Crippen LogP contribution in [0.4, 0.5) is 0 Å². The fourth-order valence-electron chi connectivity index (χ4n) is 3.38. The first kappa shape index (κ1) is 25.3. The van der Waals surface area contributed by atoms with Gasteiger partial charge < -0.3 is 14.6 Å². The fraction of sp³-hybridized carbons (Fsp3) is 0.250. The maximum absolute atomic E-state index is 12.8. The van der Waals surface area contributed by atoms with Crippen molar-refractivity contribution in [3.63, 3.8) is 0 Å². The summed E-state index contributed by atoms with van der Waals surface area (Å²) in [6, 6.07) is 11.2. The number of para-hydroxylation sites is 1. The molecule has 0 saturated carbocycles. The maximum Gasteiger partial charge on any atom is 0.325 e. The molecule has 3 rings (SSSR count). The van der Waals surface area contributed by atoms with Crippen LogP contribution in [0.15, 0.2) is 53.8 Å². The lowest BCUT2D eigenvalue weighted by molar-refractivity contribution is -0.141. The van der Waals surface area contributed by atoms with E-state index < -0.39 is 17.9 Å². The number of nitrogens with zero attached hydrogens (tertiary/aromatic N) is 2. The molecule has 2 N–H and O–H groups in total. The Kier molecular flexibility index (Phi) is 8.31. The summed E-state index contributed by atoms with van der Waals surface area (Å²) in [5.74, 6) is -1.57. The number of carbonyl (C=O) groups excluding carboxylic acids is 3. The number of methoxy groups -OCH3 is 1. The van der Waals surface area contributed by atoms with Crippen LogP contribution < -0.4 is 10.7 Å². The van der Waals surface area contributed by atoms with Crippen molar-refractivity contribution in [3.05, 3.63) is 69.8 Å². The quantitative estimate of drug-likeness (QED) is 0.275. The van der Waals surface area contributed by atoms with E-state index in [4.69, 9.17) is 27.9 Å². The molecule has 0 aliphatic heterocycles. The molecule has 0 spiro atoms. The molecule has 1 aromatic heterocycles. The zero-order valence-electron chi connectivity index (χ0n) is 18.8. The van der Waals surface area contributed by atoms with Crippen molar-refractivity contribution in [2.24, 2.45) is 11.0 Å². The summed E-state index contributed by atoms with van der Waals surface area (Å²) in [7, 11) is 1.33. The Bertz CT molecular complexity index is 1250. The van der Waals surface area contributed by atoms with Crippen molar-refractivity contribution < 1.29 is 19.1 Å². The van der Waals surface area contributed by atoms with Crippen LogP contribution in [0.1, 0.15) is 29.8 Å². The van der Waals surface area contributed by atoms with E-state index in [0.717, 1.165) is 10.9 Å². The highest BCUT2D eigenvalue weighted by molar-refractivity contribution is 6.36. The smallest absolute Gasteiger partial charge is 0.325 e. The zero-order chi connectivity index (χ0) is 24.8. The molecule has 178 valence electrons. The van der Waals surface area contributed by atoms with Gasteiger partial charge in [0, 0.05) is 27.7 Å². The lowest BCUT2D eigenvalue weighted by Gasteiger charge is -2.20. The number of ether oxygens (including phenoxy) is 1. The molecular formula is C24H24Cl2N4O4. The standard InChI is InChI=1S/C24H24Cl2N4O4/c1-14(2)22(28-23(32)18-9-8-16(25)10-19(18)26)24(33)29-27-11-15-12-30(13-21(31)34-3)20-7-5-4-6-17(15)20/h4-12,14,22H,13H2,1-3H3,(H,28,32)(H,29,33)/b27-11-. The van der Waals surface area contributed by atoms with E-state index in [-0.39, 0.29) is 29.0 Å². The molecule has 0 radical (unpaired) electrons. The topological polar surface area (TPSA) is 102 Å². The van der Waals surface area contributed by atoms with Gasteiger partial charge in [0.2, 0.25) is 0 Å². The molecule has 10 heteroatoms. The van der Waals surface area contributed by atoms with Gasteiger partial charge in [-0.2, -0.15) is 5.10 Å². The van der Waals surface area contributed by atoms with Gasteiger partial charge in [0.05, 0.1) is 23.9 Å². The van der Waals surface area contributed by atoms with E-state index in [1.165, 1.54) is 25.5 Å². The first-order valence-corrected chi connectivity index (χ1v) is 11.2. The number of rotatable bonds is 8. The van der Waals surface area contributed by atoms with Gasteiger partial charge in [-0.1, -0.05) is 55.2 Å². The van der Waals surface area contributed by atoms with Crippen molar-refractivity contribution in [1.29, 1.82) is 0 Å². The summed E-state index contributed by atoms with van der Waals surface area (Å²) in [5, 5.41) is 8.21. The summed E-state index contributed by atoms with van der Waals surface area (Å²) in [4.78, 5) is 37.2. The molecule has 0 bridgehead atoms. The van der Waals surface area contributed by atoms with Gasteiger partial charge in [0.25, 0.3) is 11.8 Å². The number of amides is 2. The monoisotopic (exact) mass is 502 g/mol. The van der Waals surface area contributed by atoms with Gasteiger partial charge >= 0.3 is 5.97 Å². The van der Waals surface area contributed by atoms with Crippen LogP contribution in [0.2, 0.25) is 10.0 Å². The molecule has 8 nitrogen and oxygen atoms in total. The molecule has 2 aromatic carbocycles. The molecule has 1 unspecified atom stereocenters. The lowest BCUT2D eigenvalue weighted by atomic mass is 10.0. The lowest BCUT2D eigenvalue weighted by Crippen LogP contribution is -2.48. The van der Waals surface area contributed by atoms with Crippen LogP contribution >= 0.6 is 23.2 Å². The average Bonchev–Trinajstić information content (AvgIpc) is 3.14. The van der Waals surface area contributed by atoms with Crippen LogP contribution in [-0.4, -0.2) is 41.7 Å². The van der Waals surface area contributed by atoms with Gasteiger partial charge in [-0.25, -0.2) is 5.43 Å². The van der Waals surface area contributed by atoms with E-state index in [9.17, 15) is 14.4 Å². The molecule has 34 heavy (non-hydrogen) atoms. The maximum atomic E-state index is 12.8. The second-order valence-corrected chi connectivity index (χ2v) is 8.70. The third-order valence-electron chi connectivity index (χ3n) is 5.14. The molecule has 0 saturated heterocycles. The first-order chi connectivity index (χ1) is 16.2. The molecule has 2 amide bonds. The van der Waals surface area contributed by atoms with E-state index in [1.807, 2.05) is 24.3 Å². The minimum atomic E-state index is -0.850. The minimum Gasteiger partial charge on any atom is -0.468 e. The second kappa shape index (κ2) is 11.2. The van der Waals surface area contributed by atoms with Crippen LogP contribution in [-0.2, 0) is 20.9 Å². The Balaban J connectivity index is 1.74. The van der Waals surface area contributed by atoms with Gasteiger partial charge in [0.15, 0.2) is 0 Å². The Hall–Kier alpha value is -3.36. The predicted octanol–water partition coefficient (Wildman–Crippen LogP) is 4.03. The number of carbonyl (C=O) groups is 3. The van der Waals surface area contributed by atoms with Crippen molar-refractivity contribution in [2.75, 3.05) is 7.11 Å². The van der Waals surface area contributed by atoms with E-state index in [1.54, 1.807) is 30.7 Å². The predicted molar refractivity (Wildman–Crippen MR) is 132 cm³/mol. The minimum absolute atomic E-state index is 0.0475. The third-order valence-corrected chi connectivity index (χ3v) is 5.68. The normalized spacial score (nSPS) is 12.2. The zero-order valence-corrected chi connectivity index (χ0v) is 20.4. The number of halogens is 2. The van der Waals surface area contributed by atoms with E-state index >= 15 is 0 Å². The molecule has 0 aliphatic rings. The number of hydrazone groups is 1. The molecule has 1 atom stereocenters. The van der Waals surface area contributed by atoms with Gasteiger partial charge in [0.1, 0.15) is 12.6 Å². The van der Waals surface area contributed by atoms with Gasteiger partial charge in [-0.05, 0) is 30.2 Å². The Morgan fingerprint density at radius 2 is 1.88 bits per heavy atom. The first-order valence-electron chi connectivity index (χ1n) is 10.4. The number of aromatic nitrogens is 1. The number of nitrogens with one attached hydrogen (secondary N) is 2. The van der Waals surface area contributed by atoms with Crippen LogP contribution in [0, 0.1) is 5.92 Å². The highest BCUT2D eigenvalue weighted by Gasteiger charge is 2.25. The Morgan fingerprint density at radius 1 is 1.15 bits per heavy atom. The van der Waals surface area contributed by atoms with Crippen LogP contribution in [0.5, 0.6) is 0 Å². The summed E-state index contributed by atoms with van der Waals surface area (Å²) >= 11 is 12.0. The molecule has 0 fully saturated rings. The number of hydrogen-bond donors (Lipinski definition) is 2. The molecule has 1 heterocycles. The largest absolute Gasteiger partial charge is 0.468 e. The Labute approximate surface area is 206 Å². The van der Waals surface area contributed by atoms with Crippen molar-refractivity contribution in [2.45, 2.75) is 26.4 Å². The summed E-state index contributed by atoms with van der Waals surface area (Å²) < 4.78 is 6.50. The fourth-order valence-corrected chi connectivity index (χ4v) is 3.87. The van der Waals surface area contributed by atoms with Crippen molar-refractivity contribution >= 4 is 58.1 Å². The third kappa shape index (κ3) is 5.95. The number of hydrogen-bond acceptors (Lipinski definition) is 5. The molecular weight excluding hydrogens is 479 g/mol. The SMILES string of the molecule is COC(=O)Cn1cc(/C=N\NC(=O)C(NC(=O)c2ccc(Cl)cc2Cl)C(C)C)c2ccccc21. The number of benzene rings is 2. The molecule has 0 aliphatic carbocycles. The van der Waals surface area contributed by atoms with Crippen molar-refractivity contribution in [1.82, 2.24) is 15.3 Å². The highest BCUT2D eigenvalue weighted by atomic mass is 35.5.